The Balaban J connectivity index is 2.31. The molecule has 0 saturated heterocycles. The van der Waals surface area contributed by atoms with Crippen LogP contribution in [0.4, 0.5) is 11.4 Å². The molecule has 2 heterocycles. The van der Waals surface area contributed by atoms with Crippen molar-refractivity contribution in [1.29, 1.82) is 0 Å². The smallest absolute Gasteiger partial charge is 0.186 e. The molecule has 1 aromatic rings. The molecule has 2 aliphatic rings. The minimum atomic E-state index is 0.481. The Kier molecular flexibility index (Phi) is 3.96. The van der Waals surface area contributed by atoms with Gasteiger partial charge >= 0.3 is 0 Å². The Morgan fingerprint density at radius 2 is 1.48 bits per heavy atom. The predicted molar refractivity (Wildman–Crippen MR) is 97.3 cm³/mol. The third kappa shape index (κ3) is 2.47. The van der Waals surface area contributed by atoms with E-state index in [4.69, 9.17) is 0 Å². The van der Waals surface area contributed by atoms with Crippen LogP contribution in [-0.2, 0) is 13.1 Å². The summed E-state index contributed by atoms with van der Waals surface area (Å²) in [7, 11) is 8.93. The van der Waals surface area contributed by atoms with E-state index in [9.17, 15) is 5.11 Å². The van der Waals surface area contributed by atoms with Crippen LogP contribution in [0.2, 0.25) is 0 Å². The highest BCUT2D eigenvalue weighted by Gasteiger charge is 2.44. The monoisotopic (exact) mass is 320 g/mol. The summed E-state index contributed by atoms with van der Waals surface area (Å²) in [4.78, 5) is 4.75. The van der Waals surface area contributed by atoms with Crippen molar-refractivity contribution in [3.8, 4) is 5.75 Å². The van der Waals surface area contributed by atoms with Gasteiger partial charge in [0.2, 0.25) is 0 Å². The topological polar surface area (TPSA) is 26.7 Å². The van der Waals surface area contributed by atoms with Gasteiger partial charge in [-0.1, -0.05) is 0 Å². The molecule has 2 unspecified atom stereocenters. The number of quaternary nitrogens is 2. The molecule has 0 bridgehead atoms. The van der Waals surface area contributed by atoms with Crippen LogP contribution in [0, 0.1) is 0 Å². The second kappa shape index (κ2) is 5.45. The fourth-order valence-electron chi connectivity index (χ4n) is 4.69. The van der Waals surface area contributed by atoms with Crippen molar-refractivity contribution < 1.29 is 5.11 Å². The Labute approximate surface area is 140 Å². The largest absolute Gasteiger partial charge is 0.503 e. The SMILES string of the molecule is CC[N+]1(C)CN(C)Cc2c1c(O)cc1c2[N+](C)(CC)CN(C)C1. The first-order valence-electron chi connectivity index (χ1n) is 8.69. The number of phenols is 1. The lowest BCUT2D eigenvalue weighted by atomic mass is 9.95. The average molecular weight is 320 g/mol. The van der Waals surface area contributed by atoms with E-state index in [2.05, 4.69) is 51.8 Å². The zero-order valence-corrected chi connectivity index (χ0v) is 15.6. The van der Waals surface area contributed by atoms with Gasteiger partial charge in [0.15, 0.2) is 11.4 Å². The van der Waals surface area contributed by atoms with Gasteiger partial charge in [-0.15, -0.1) is 0 Å². The molecule has 128 valence electrons. The first-order chi connectivity index (χ1) is 10.7. The first-order valence-corrected chi connectivity index (χ1v) is 8.69. The maximum absolute atomic E-state index is 10.8. The van der Waals surface area contributed by atoms with E-state index in [-0.39, 0.29) is 0 Å². The van der Waals surface area contributed by atoms with Gasteiger partial charge in [0.05, 0.1) is 32.7 Å². The van der Waals surface area contributed by atoms with Gasteiger partial charge in [-0.2, -0.15) is 0 Å². The van der Waals surface area contributed by atoms with Crippen molar-refractivity contribution in [2.45, 2.75) is 26.9 Å². The maximum Gasteiger partial charge on any atom is 0.186 e. The molecular weight excluding hydrogens is 288 g/mol. The Morgan fingerprint density at radius 3 is 2.04 bits per heavy atom. The van der Waals surface area contributed by atoms with Crippen LogP contribution in [-0.4, -0.2) is 69.5 Å². The highest BCUT2D eigenvalue weighted by molar-refractivity contribution is 5.75. The number of benzene rings is 1. The number of nitrogens with zero attached hydrogens (tertiary/aromatic N) is 4. The van der Waals surface area contributed by atoms with E-state index in [0.717, 1.165) is 54.2 Å². The van der Waals surface area contributed by atoms with Crippen LogP contribution in [0.3, 0.4) is 0 Å². The lowest BCUT2D eigenvalue weighted by molar-refractivity contribution is 0.142. The van der Waals surface area contributed by atoms with Gasteiger partial charge in [0.1, 0.15) is 19.0 Å². The lowest BCUT2D eigenvalue weighted by Gasteiger charge is -2.47. The zero-order valence-electron chi connectivity index (χ0n) is 15.6. The van der Waals surface area contributed by atoms with Gasteiger partial charge in [-0.3, -0.25) is 18.8 Å². The number of aromatic hydroxyl groups is 1. The van der Waals surface area contributed by atoms with Crippen molar-refractivity contribution in [2.24, 2.45) is 0 Å². The van der Waals surface area contributed by atoms with Crippen molar-refractivity contribution in [2.75, 3.05) is 54.6 Å². The van der Waals surface area contributed by atoms with Crippen molar-refractivity contribution in [1.82, 2.24) is 18.8 Å². The molecule has 0 spiro atoms. The van der Waals surface area contributed by atoms with Crippen molar-refractivity contribution >= 4 is 11.4 Å². The minimum absolute atomic E-state index is 0.481. The molecule has 0 radical (unpaired) electrons. The highest BCUT2D eigenvalue weighted by atomic mass is 16.3. The lowest BCUT2D eigenvalue weighted by Crippen LogP contribution is -2.58. The Hall–Kier alpha value is -1.14. The van der Waals surface area contributed by atoms with Crippen LogP contribution >= 0.6 is 0 Å². The van der Waals surface area contributed by atoms with E-state index in [1.54, 1.807) is 0 Å². The fourth-order valence-corrected chi connectivity index (χ4v) is 4.69. The Bertz CT molecular complexity index is 632. The standard InChI is InChI=1S/C18H31N4O/c1-7-21(5)12-19(3)10-14-9-16(23)18-15(17(14)21)11-20(4)13-22(18,6)8-2/h9H,7-8,10-13H2,1-6H3/q+1/p+1. The van der Waals surface area contributed by atoms with Gasteiger partial charge in [-0.05, 0) is 34.0 Å². The summed E-state index contributed by atoms with van der Waals surface area (Å²) in [5.74, 6) is 0.481. The molecule has 0 fully saturated rings. The van der Waals surface area contributed by atoms with Gasteiger partial charge in [-0.25, -0.2) is 0 Å². The molecule has 2 atom stereocenters. The fraction of sp³-hybridized carbons (Fsp3) is 0.667. The molecule has 5 heteroatoms. The molecule has 3 rings (SSSR count). The molecule has 2 aliphatic heterocycles. The van der Waals surface area contributed by atoms with E-state index in [1.165, 1.54) is 16.8 Å². The maximum atomic E-state index is 10.8. The van der Waals surface area contributed by atoms with Gasteiger partial charge in [0, 0.05) is 18.7 Å². The summed E-state index contributed by atoms with van der Waals surface area (Å²) in [6.45, 7) is 10.4. The number of rotatable bonds is 2. The molecule has 1 aromatic carbocycles. The molecule has 0 saturated carbocycles. The molecular formula is C18H32N4O+2. The minimum Gasteiger partial charge on any atom is -0.503 e. The van der Waals surface area contributed by atoms with Crippen molar-refractivity contribution in [3.63, 3.8) is 0 Å². The van der Waals surface area contributed by atoms with Crippen LogP contribution in [0.25, 0.3) is 0 Å². The Morgan fingerprint density at radius 1 is 0.957 bits per heavy atom. The summed E-state index contributed by atoms with van der Waals surface area (Å²) in [5.41, 5.74) is 5.24. The van der Waals surface area contributed by atoms with Crippen LogP contribution < -0.4 is 8.97 Å². The van der Waals surface area contributed by atoms with E-state index < -0.39 is 0 Å². The van der Waals surface area contributed by atoms with Crippen LogP contribution in [0.15, 0.2) is 6.07 Å². The summed E-state index contributed by atoms with van der Waals surface area (Å²) in [5, 5.41) is 10.8. The van der Waals surface area contributed by atoms with Crippen LogP contribution in [0.1, 0.15) is 25.0 Å². The molecule has 0 aliphatic carbocycles. The summed E-state index contributed by atoms with van der Waals surface area (Å²) >= 11 is 0. The number of phenolic OH excluding ortho intramolecular Hbond substituents is 1. The number of fused-ring (bicyclic) bond motifs is 3. The highest BCUT2D eigenvalue weighted by Crippen LogP contribution is 2.48. The normalized spacial score (nSPS) is 31.7. The van der Waals surface area contributed by atoms with Gasteiger partial charge in [0.25, 0.3) is 0 Å². The molecule has 23 heavy (non-hydrogen) atoms. The average Bonchev–Trinajstić information content (AvgIpc) is 2.45. The third-order valence-corrected chi connectivity index (χ3v) is 5.88. The second-order valence-corrected chi connectivity index (χ2v) is 7.97. The third-order valence-electron chi connectivity index (χ3n) is 5.88. The number of hydrogen-bond acceptors (Lipinski definition) is 3. The quantitative estimate of drug-likeness (QED) is 0.846. The van der Waals surface area contributed by atoms with Gasteiger partial charge < -0.3 is 5.11 Å². The molecule has 0 aromatic heterocycles. The van der Waals surface area contributed by atoms with E-state index >= 15 is 0 Å². The summed E-state index contributed by atoms with van der Waals surface area (Å²) < 4.78 is 1.70. The summed E-state index contributed by atoms with van der Waals surface area (Å²) in [6, 6.07) is 2.04. The van der Waals surface area contributed by atoms with E-state index in [0.29, 0.717) is 5.75 Å². The predicted octanol–water partition coefficient (Wildman–Crippen LogP) is 2.11. The van der Waals surface area contributed by atoms with Crippen molar-refractivity contribution in [3.05, 3.63) is 17.2 Å². The molecule has 1 N–H and O–H groups in total. The number of hydrogen-bond donors (Lipinski definition) is 1. The zero-order chi connectivity index (χ0) is 17.0. The first kappa shape index (κ1) is 16.7. The van der Waals surface area contributed by atoms with Crippen LogP contribution in [0.5, 0.6) is 5.75 Å². The molecule has 0 amide bonds. The molecule has 5 nitrogen and oxygen atoms in total. The summed E-state index contributed by atoms with van der Waals surface area (Å²) in [6.07, 6.45) is 0. The van der Waals surface area contributed by atoms with E-state index in [1.807, 2.05) is 6.07 Å². The second-order valence-electron chi connectivity index (χ2n) is 7.97.